The molecule has 0 aliphatic carbocycles. The number of anilines is 1. The maximum absolute atomic E-state index is 10.6. The second kappa shape index (κ2) is 3.26. The van der Waals surface area contributed by atoms with Crippen molar-refractivity contribution in [2.45, 2.75) is 13.8 Å². The van der Waals surface area contributed by atoms with E-state index in [2.05, 4.69) is 0 Å². The van der Waals surface area contributed by atoms with Gasteiger partial charge in [0.25, 0.3) is 0 Å². The van der Waals surface area contributed by atoms with Crippen molar-refractivity contribution in [1.29, 1.82) is 0 Å². The first kappa shape index (κ1) is 8.59. The van der Waals surface area contributed by atoms with Gasteiger partial charge in [0.1, 0.15) is 0 Å². The first-order valence-corrected chi connectivity index (χ1v) is 3.64. The van der Waals surface area contributed by atoms with E-state index in [0.29, 0.717) is 11.4 Å². The van der Waals surface area contributed by atoms with Crippen LogP contribution in [0.15, 0.2) is 18.2 Å². The third-order valence-electron chi connectivity index (χ3n) is 1.42. The fourth-order valence-corrected chi connectivity index (χ4v) is 0.916. The highest BCUT2D eigenvalue weighted by Gasteiger charge is 2.01. The second-order valence-corrected chi connectivity index (χ2v) is 2.63. The SMILES string of the molecule is CC(=O)Oc1ccc(C)cc1N. The summed E-state index contributed by atoms with van der Waals surface area (Å²) >= 11 is 0. The largest absolute Gasteiger partial charge is 0.425 e. The standard InChI is InChI=1S/C9H11NO2/c1-6-3-4-9(8(10)5-6)12-7(2)11/h3-5H,10H2,1-2H3. The monoisotopic (exact) mass is 165 g/mol. The van der Waals surface area contributed by atoms with Crippen LogP contribution in [0.25, 0.3) is 0 Å². The smallest absolute Gasteiger partial charge is 0.308 e. The van der Waals surface area contributed by atoms with Gasteiger partial charge in [-0.3, -0.25) is 4.79 Å². The van der Waals surface area contributed by atoms with Crippen molar-refractivity contribution < 1.29 is 9.53 Å². The zero-order valence-corrected chi connectivity index (χ0v) is 7.13. The van der Waals surface area contributed by atoms with Crippen molar-refractivity contribution in [3.05, 3.63) is 23.8 Å². The Kier molecular flexibility index (Phi) is 2.33. The molecular weight excluding hydrogens is 154 g/mol. The van der Waals surface area contributed by atoms with Crippen LogP contribution in [0, 0.1) is 6.92 Å². The van der Waals surface area contributed by atoms with Crippen LogP contribution in [-0.2, 0) is 4.79 Å². The van der Waals surface area contributed by atoms with E-state index in [1.54, 1.807) is 12.1 Å². The molecule has 0 unspecified atom stereocenters. The zero-order chi connectivity index (χ0) is 9.14. The molecule has 0 fully saturated rings. The Morgan fingerprint density at radius 2 is 2.17 bits per heavy atom. The number of nitrogen functional groups attached to an aromatic ring is 1. The number of benzene rings is 1. The highest BCUT2D eigenvalue weighted by Crippen LogP contribution is 2.21. The Bertz CT molecular complexity index is 307. The van der Waals surface area contributed by atoms with E-state index in [0.717, 1.165) is 5.56 Å². The van der Waals surface area contributed by atoms with Crippen molar-refractivity contribution in [3.63, 3.8) is 0 Å². The molecule has 3 nitrogen and oxygen atoms in total. The highest BCUT2D eigenvalue weighted by molar-refractivity contribution is 5.72. The summed E-state index contributed by atoms with van der Waals surface area (Å²) in [5.41, 5.74) is 7.13. The van der Waals surface area contributed by atoms with Gasteiger partial charge in [0.2, 0.25) is 0 Å². The molecule has 3 heteroatoms. The third-order valence-corrected chi connectivity index (χ3v) is 1.42. The Morgan fingerprint density at radius 1 is 1.50 bits per heavy atom. The van der Waals surface area contributed by atoms with Gasteiger partial charge in [0, 0.05) is 6.92 Å². The van der Waals surface area contributed by atoms with Gasteiger partial charge in [-0.1, -0.05) is 6.07 Å². The summed E-state index contributed by atoms with van der Waals surface area (Å²) in [6, 6.07) is 5.29. The van der Waals surface area contributed by atoms with Gasteiger partial charge >= 0.3 is 5.97 Å². The van der Waals surface area contributed by atoms with Crippen LogP contribution in [0.3, 0.4) is 0 Å². The molecule has 0 spiro atoms. The Hall–Kier alpha value is -1.51. The lowest BCUT2D eigenvalue weighted by Gasteiger charge is -2.04. The Morgan fingerprint density at radius 3 is 2.67 bits per heavy atom. The normalized spacial score (nSPS) is 9.50. The number of nitrogens with two attached hydrogens (primary N) is 1. The van der Waals surface area contributed by atoms with Gasteiger partial charge in [0.05, 0.1) is 5.69 Å². The predicted molar refractivity (Wildman–Crippen MR) is 46.9 cm³/mol. The number of ether oxygens (including phenoxy) is 1. The number of aryl methyl sites for hydroxylation is 1. The lowest BCUT2D eigenvalue weighted by Crippen LogP contribution is -2.03. The van der Waals surface area contributed by atoms with E-state index in [1.165, 1.54) is 6.92 Å². The van der Waals surface area contributed by atoms with Crippen molar-refractivity contribution >= 4 is 11.7 Å². The summed E-state index contributed by atoms with van der Waals surface area (Å²) in [6.07, 6.45) is 0. The summed E-state index contributed by atoms with van der Waals surface area (Å²) in [7, 11) is 0. The molecule has 2 N–H and O–H groups in total. The topological polar surface area (TPSA) is 52.3 Å². The average Bonchev–Trinajstić information content (AvgIpc) is 1.94. The minimum Gasteiger partial charge on any atom is -0.425 e. The van der Waals surface area contributed by atoms with Gasteiger partial charge in [-0.2, -0.15) is 0 Å². The van der Waals surface area contributed by atoms with Crippen molar-refractivity contribution in [2.24, 2.45) is 0 Å². The first-order valence-electron chi connectivity index (χ1n) is 3.64. The molecule has 0 aliphatic rings. The molecule has 0 saturated heterocycles. The molecule has 64 valence electrons. The fraction of sp³-hybridized carbons (Fsp3) is 0.222. The first-order chi connectivity index (χ1) is 5.59. The number of hydrogen-bond donors (Lipinski definition) is 1. The maximum atomic E-state index is 10.6. The van der Waals surface area contributed by atoms with Gasteiger partial charge in [-0.25, -0.2) is 0 Å². The third kappa shape index (κ3) is 1.99. The quantitative estimate of drug-likeness (QED) is 0.390. The highest BCUT2D eigenvalue weighted by atomic mass is 16.5. The van der Waals surface area contributed by atoms with Crippen LogP contribution in [0.2, 0.25) is 0 Å². The van der Waals surface area contributed by atoms with Crippen molar-refractivity contribution in [2.75, 3.05) is 5.73 Å². The Balaban J connectivity index is 2.93. The minimum atomic E-state index is -0.356. The molecule has 0 bridgehead atoms. The molecule has 0 radical (unpaired) electrons. The van der Waals surface area contributed by atoms with Crippen LogP contribution < -0.4 is 10.5 Å². The van der Waals surface area contributed by atoms with Crippen molar-refractivity contribution in [1.82, 2.24) is 0 Å². The van der Waals surface area contributed by atoms with Crippen LogP contribution in [-0.4, -0.2) is 5.97 Å². The van der Waals surface area contributed by atoms with Crippen molar-refractivity contribution in [3.8, 4) is 5.75 Å². The predicted octanol–water partition coefficient (Wildman–Crippen LogP) is 1.50. The van der Waals surface area contributed by atoms with E-state index < -0.39 is 0 Å². The molecule has 0 saturated carbocycles. The van der Waals surface area contributed by atoms with Gasteiger partial charge in [-0.15, -0.1) is 0 Å². The Labute approximate surface area is 71.1 Å². The fourth-order valence-electron chi connectivity index (χ4n) is 0.916. The van der Waals surface area contributed by atoms with E-state index in [1.807, 2.05) is 13.0 Å². The molecule has 0 atom stereocenters. The molecule has 1 rings (SSSR count). The number of hydrogen-bond acceptors (Lipinski definition) is 3. The number of rotatable bonds is 1. The number of carbonyl (C=O) groups is 1. The lowest BCUT2D eigenvalue weighted by atomic mass is 10.2. The molecule has 12 heavy (non-hydrogen) atoms. The van der Waals surface area contributed by atoms with E-state index in [4.69, 9.17) is 10.5 Å². The van der Waals surface area contributed by atoms with Crippen LogP contribution in [0.4, 0.5) is 5.69 Å². The van der Waals surface area contributed by atoms with E-state index in [-0.39, 0.29) is 5.97 Å². The summed E-state index contributed by atoms with van der Waals surface area (Å²) < 4.78 is 4.84. The average molecular weight is 165 g/mol. The zero-order valence-electron chi connectivity index (χ0n) is 7.13. The molecule has 0 amide bonds. The molecular formula is C9H11NO2. The summed E-state index contributed by atoms with van der Waals surface area (Å²) in [6.45, 7) is 3.27. The molecule has 0 heterocycles. The van der Waals surface area contributed by atoms with Gasteiger partial charge < -0.3 is 10.5 Å². The summed E-state index contributed by atoms with van der Waals surface area (Å²) in [5, 5.41) is 0. The number of esters is 1. The number of carbonyl (C=O) groups excluding carboxylic acids is 1. The summed E-state index contributed by atoms with van der Waals surface area (Å²) in [5.74, 6) is 0.0682. The molecule has 0 aliphatic heterocycles. The van der Waals surface area contributed by atoms with E-state index in [9.17, 15) is 4.79 Å². The van der Waals surface area contributed by atoms with Gasteiger partial charge in [-0.05, 0) is 24.6 Å². The molecule has 1 aromatic carbocycles. The summed E-state index contributed by atoms with van der Waals surface area (Å²) in [4.78, 5) is 10.6. The lowest BCUT2D eigenvalue weighted by molar-refractivity contribution is -0.131. The molecule has 0 aromatic heterocycles. The van der Waals surface area contributed by atoms with Crippen LogP contribution >= 0.6 is 0 Å². The maximum Gasteiger partial charge on any atom is 0.308 e. The van der Waals surface area contributed by atoms with E-state index >= 15 is 0 Å². The van der Waals surface area contributed by atoms with Crippen LogP contribution in [0.1, 0.15) is 12.5 Å². The second-order valence-electron chi connectivity index (χ2n) is 2.63. The molecule has 1 aromatic rings. The van der Waals surface area contributed by atoms with Gasteiger partial charge in [0.15, 0.2) is 5.75 Å². The minimum absolute atomic E-state index is 0.356. The van der Waals surface area contributed by atoms with Crippen LogP contribution in [0.5, 0.6) is 5.75 Å².